The van der Waals surface area contributed by atoms with Crippen molar-refractivity contribution in [1.82, 2.24) is 20.5 Å². The van der Waals surface area contributed by atoms with Crippen LogP contribution in [0.1, 0.15) is 13.8 Å². The van der Waals surface area contributed by atoms with Crippen molar-refractivity contribution in [2.45, 2.75) is 13.8 Å². The maximum absolute atomic E-state index is 5.08. The quantitative estimate of drug-likeness (QED) is 0.689. The van der Waals surface area contributed by atoms with Crippen LogP contribution in [0, 0.1) is 4.77 Å². The summed E-state index contributed by atoms with van der Waals surface area (Å²) in [5.74, 6) is 0. The molecule has 0 aliphatic rings. The molecule has 3 aromatic rings. The van der Waals surface area contributed by atoms with Gasteiger partial charge in [0, 0.05) is 11.1 Å². The molecule has 124 valence electrons. The normalized spacial score (nSPS) is 9.92. The molecule has 24 heavy (non-hydrogen) atoms. The van der Waals surface area contributed by atoms with Gasteiger partial charge < -0.3 is 5.32 Å². The first kappa shape index (κ1) is 18.0. The highest BCUT2D eigenvalue weighted by Gasteiger charge is 2.10. The Labute approximate surface area is 148 Å². The minimum Gasteiger partial charge on any atom is -0.317 e. The summed E-state index contributed by atoms with van der Waals surface area (Å²) in [4.78, 5) is 4.42. The lowest BCUT2D eigenvalue weighted by Crippen LogP contribution is -2.09. The second-order valence-electron chi connectivity index (χ2n) is 5.03. The standard InChI is InChI=1S/C15H11N3S.C4H11N/c19-15-16-13(11-7-3-1-4-8-11)14(17-18-15)12-9-5-2-6-10-12;1-3-5-4-2/h1-10H,(H,16,18,19);5H,3-4H2,1-2H3. The van der Waals surface area contributed by atoms with E-state index < -0.39 is 0 Å². The molecule has 0 unspecified atom stereocenters. The lowest BCUT2D eigenvalue weighted by molar-refractivity contribution is 0.762. The molecule has 0 amide bonds. The average molecular weight is 338 g/mol. The van der Waals surface area contributed by atoms with E-state index in [2.05, 4.69) is 34.3 Å². The minimum absolute atomic E-state index is 0.388. The first-order chi connectivity index (χ1) is 11.8. The minimum atomic E-state index is 0.388. The molecule has 0 bridgehead atoms. The van der Waals surface area contributed by atoms with Crippen LogP contribution in [0.3, 0.4) is 0 Å². The Balaban J connectivity index is 0.000000368. The summed E-state index contributed by atoms with van der Waals surface area (Å²) >= 11 is 5.08. The Morgan fingerprint density at radius 1 is 0.833 bits per heavy atom. The van der Waals surface area contributed by atoms with E-state index in [0.717, 1.165) is 35.6 Å². The van der Waals surface area contributed by atoms with Crippen LogP contribution in [-0.2, 0) is 0 Å². The molecule has 0 saturated heterocycles. The average Bonchev–Trinajstić information content (AvgIpc) is 2.64. The number of benzene rings is 2. The van der Waals surface area contributed by atoms with Crippen molar-refractivity contribution in [3.05, 3.63) is 65.4 Å². The predicted molar refractivity (Wildman–Crippen MR) is 102 cm³/mol. The summed E-state index contributed by atoms with van der Waals surface area (Å²) in [6.45, 7) is 6.39. The van der Waals surface area contributed by atoms with Gasteiger partial charge >= 0.3 is 0 Å². The smallest absolute Gasteiger partial charge is 0.214 e. The Kier molecular flexibility index (Phi) is 7.26. The van der Waals surface area contributed by atoms with Gasteiger partial charge in [-0.05, 0) is 25.3 Å². The van der Waals surface area contributed by atoms with E-state index in [0.29, 0.717) is 4.77 Å². The summed E-state index contributed by atoms with van der Waals surface area (Å²) in [6.07, 6.45) is 0. The Hall–Kier alpha value is -2.37. The first-order valence-electron chi connectivity index (χ1n) is 8.04. The molecule has 0 aliphatic carbocycles. The van der Waals surface area contributed by atoms with E-state index in [4.69, 9.17) is 12.2 Å². The van der Waals surface area contributed by atoms with Crippen LogP contribution in [0.5, 0.6) is 0 Å². The molecule has 3 rings (SSSR count). The van der Waals surface area contributed by atoms with Gasteiger partial charge in [0.1, 0.15) is 11.4 Å². The highest BCUT2D eigenvalue weighted by atomic mass is 32.1. The number of aromatic amines is 1. The predicted octanol–water partition coefficient (Wildman–Crippen LogP) is 4.48. The molecule has 0 aliphatic heterocycles. The van der Waals surface area contributed by atoms with Gasteiger partial charge in [-0.15, -0.1) is 0 Å². The molecule has 5 heteroatoms. The molecule has 1 heterocycles. The monoisotopic (exact) mass is 338 g/mol. The zero-order chi connectivity index (χ0) is 17.2. The van der Waals surface area contributed by atoms with Gasteiger partial charge in [-0.3, -0.25) is 5.10 Å². The van der Waals surface area contributed by atoms with E-state index >= 15 is 0 Å². The van der Waals surface area contributed by atoms with Crippen molar-refractivity contribution in [2.75, 3.05) is 13.1 Å². The lowest BCUT2D eigenvalue weighted by Gasteiger charge is -2.07. The van der Waals surface area contributed by atoms with Gasteiger partial charge in [0.05, 0.1) is 0 Å². The van der Waals surface area contributed by atoms with Crippen molar-refractivity contribution in [1.29, 1.82) is 0 Å². The Morgan fingerprint density at radius 3 is 1.79 bits per heavy atom. The van der Waals surface area contributed by atoms with Crippen LogP contribution in [0.2, 0.25) is 0 Å². The molecule has 2 aromatic carbocycles. The summed E-state index contributed by atoms with van der Waals surface area (Å²) < 4.78 is 0.388. The number of H-pyrrole nitrogens is 1. The number of nitrogens with zero attached hydrogens (tertiary/aromatic N) is 2. The van der Waals surface area contributed by atoms with E-state index in [1.165, 1.54) is 0 Å². The van der Waals surface area contributed by atoms with Crippen LogP contribution in [0.15, 0.2) is 60.7 Å². The van der Waals surface area contributed by atoms with Gasteiger partial charge in [-0.1, -0.05) is 74.5 Å². The molecule has 1 aromatic heterocycles. The van der Waals surface area contributed by atoms with E-state index in [1.807, 2.05) is 60.7 Å². The first-order valence-corrected chi connectivity index (χ1v) is 8.45. The van der Waals surface area contributed by atoms with Crippen LogP contribution >= 0.6 is 12.2 Å². The summed E-state index contributed by atoms with van der Waals surface area (Å²) in [5, 5.41) is 10.2. The van der Waals surface area contributed by atoms with E-state index in [9.17, 15) is 0 Å². The zero-order valence-corrected chi connectivity index (χ0v) is 14.8. The van der Waals surface area contributed by atoms with Gasteiger partial charge in [-0.2, -0.15) is 5.10 Å². The molecular formula is C19H22N4S. The molecule has 4 nitrogen and oxygen atoms in total. The summed E-state index contributed by atoms with van der Waals surface area (Å²) in [5.41, 5.74) is 3.63. The molecular weight excluding hydrogens is 316 g/mol. The Morgan fingerprint density at radius 2 is 1.33 bits per heavy atom. The third-order valence-electron chi connectivity index (χ3n) is 3.30. The third kappa shape index (κ3) is 5.08. The number of hydrogen-bond acceptors (Lipinski definition) is 4. The fourth-order valence-corrected chi connectivity index (χ4v) is 2.32. The highest BCUT2D eigenvalue weighted by Crippen LogP contribution is 2.27. The third-order valence-corrected chi connectivity index (χ3v) is 3.48. The lowest BCUT2D eigenvalue weighted by atomic mass is 10.0. The van der Waals surface area contributed by atoms with Gasteiger partial charge in [0.25, 0.3) is 0 Å². The van der Waals surface area contributed by atoms with Crippen molar-refractivity contribution < 1.29 is 0 Å². The molecule has 2 N–H and O–H groups in total. The molecule has 0 radical (unpaired) electrons. The molecule has 0 spiro atoms. The topological polar surface area (TPSA) is 53.6 Å². The fourth-order valence-electron chi connectivity index (χ4n) is 2.18. The van der Waals surface area contributed by atoms with E-state index in [-0.39, 0.29) is 0 Å². The maximum Gasteiger partial charge on any atom is 0.214 e. The molecule has 0 fully saturated rings. The molecule has 0 saturated carbocycles. The number of nitrogens with one attached hydrogen (secondary N) is 2. The summed E-state index contributed by atoms with van der Waals surface area (Å²) in [6, 6.07) is 19.9. The second-order valence-corrected chi connectivity index (χ2v) is 5.41. The van der Waals surface area contributed by atoms with Crippen molar-refractivity contribution >= 4 is 12.2 Å². The van der Waals surface area contributed by atoms with Crippen molar-refractivity contribution in [3.8, 4) is 22.5 Å². The highest BCUT2D eigenvalue weighted by molar-refractivity contribution is 7.71. The zero-order valence-electron chi connectivity index (χ0n) is 14.0. The second kappa shape index (κ2) is 9.70. The number of hydrogen-bond donors (Lipinski definition) is 2. The van der Waals surface area contributed by atoms with Gasteiger partial charge in [0.2, 0.25) is 4.77 Å². The fraction of sp³-hybridized carbons (Fsp3) is 0.211. The SMILES string of the molecule is CCNCC.S=c1nc(-c2ccccc2)c(-c2ccccc2)n[nH]1. The van der Waals surface area contributed by atoms with Gasteiger partial charge in [0.15, 0.2) is 0 Å². The van der Waals surface area contributed by atoms with Crippen LogP contribution in [0.25, 0.3) is 22.5 Å². The largest absolute Gasteiger partial charge is 0.317 e. The van der Waals surface area contributed by atoms with Gasteiger partial charge in [-0.25, -0.2) is 4.98 Å². The van der Waals surface area contributed by atoms with Crippen molar-refractivity contribution in [2.24, 2.45) is 0 Å². The van der Waals surface area contributed by atoms with Crippen LogP contribution in [0.4, 0.5) is 0 Å². The molecule has 0 atom stereocenters. The summed E-state index contributed by atoms with van der Waals surface area (Å²) in [7, 11) is 0. The van der Waals surface area contributed by atoms with Crippen molar-refractivity contribution in [3.63, 3.8) is 0 Å². The number of rotatable bonds is 4. The van der Waals surface area contributed by atoms with Crippen LogP contribution in [-0.4, -0.2) is 28.3 Å². The van der Waals surface area contributed by atoms with E-state index in [1.54, 1.807) is 0 Å². The number of aromatic nitrogens is 3. The van der Waals surface area contributed by atoms with Crippen LogP contribution < -0.4 is 5.32 Å². The maximum atomic E-state index is 5.08. The Bertz CT molecular complexity index is 783.